The molecule has 0 aromatic heterocycles. The first-order valence-electron chi connectivity index (χ1n) is 9.38. The predicted octanol–water partition coefficient (Wildman–Crippen LogP) is 4.02. The highest BCUT2D eigenvalue weighted by Gasteiger charge is 2.49. The second-order valence-electron chi connectivity index (χ2n) is 7.99. The van der Waals surface area contributed by atoms with Crippen LogP contribution in [0.2, 0.25) is 0 Å². The van der Waals surface area contributed by atoms with E-state index in [1.807, 2.05) is 11.8 Å². The molecule has 2 saturated carbocycles. The van der Waals surface area contributed by atoms with Crippen molar-refractivity contribution in [1.82, 2.24) is 4.90 Å². The maximum atomic E-state index is 13.4. The average molecular weight is 381 g/mol. The first kappa shape index (κ1) is 19.1. The van der Waals surface area contributed by atoms with E-state index in [0.717, 1.165) is 32.4 Å². The molecule has 3 atom stereocenters. The molecule has 4 rings (SSSR count). The number of carbonyl (C=O) groups excluding carboxylic acids is 1. The highest BCUT2D eigenvalue weighted by molar-refractivity contribution is 8.01. The predicted molar refractivity (Wildman–Crippen MR) is 106 cm³/mol. The molecule has 1 aliphatic heterocycles. The van der Waals surface area contributed by atoms with Crippen LogP contribution >= 0.6 is 24.2 Å². The molecule has 0 bridgehead atoms. The SMILES string of the molecule is Cc1ccc(SC2(C(=O)N3CC4CCC(N)C4C3)CCCC2)cc1.Cl. The fraction of sp³-hybridized carbons (Fsp3) is 0.650. The van der Waals surface area contributed by atoms with Gasteiger partial charge in [-0.1, -0.05) is 30.5 Å². The van der Waals surface area contributed by atoms with Gasteiger partial charge in [0.15, 0.2) is 0 Å². The van der Waals surface area contributed by atoms with E-state index < -0.39 is 0 Å². The molecule has 1 heterocycles. The van der Waals surface area contributed by atoms with Crippen LogP contribution in [0.3, 0.4) is 0 Å². The van der Waals surface area contributed by atoms with Crippen molar-refractivity contribution >= 4 is 30.1 Å². The number of rotatable bonds is 3. The molecule has 25 heavy (non-hydrogen) atoms. The topological polar surface area (TPSA) is 46.3 Å². The van der Waals surface area contributed by atoms with E-state index in [2.05, 4.69) is 36.1 Å². The van der Waals surface area contributed by atoms with Gasteiger partial charge in [0.05, 0.1) is 4.75 Å². The molecule has 3 aliphatic rings. The van der Waals surface area contributed by atoms with Crippen molar-refractivity contribution in [2.45, 2.75) is 61.1 Å². The number of amides is 1. The van der Waals surface area contributed by atoms with Crippen LogP contribution < -0.4 is 5.73 Å². The third-order valence-corrected chi connectivity index (χ3v) is 7.82. The van der Waals surface area contributed by atoms with Gasteiger partial charge in [0.25, 0.3) is 0 Å². The highest BCUT2D eigenvalue weighted by Crippen LogP contribution is 2.48. The van der Waals surface area contributed by atoms with Gasteiger partial charge >= 0.3 is 0 Å². The third kappa shape index (κ3) is 3.58. The molecule has 5 heteroatoms. The molecule has 0 radical (unpaired) electrons. The van der Waals surface area contributed by atoms with E-state index in [1.54, 1.807) is 0 Å². The van der Waals surface area contributed by atoms with E-state index in [0.29, 0.717) is 23.8 Å². The van der Waals surface area contributed by atoms with Crippen LogP contribution in [-0.4, -0.2) is 34.7 Å². The lowest BCUT2D eigenvalue weighted by Crippen LogP contribution is -2.45. The van der Waals surface area contributed by atoms with Crippen molar-refractivity contribution in [2.24, 2.45) is 17.6 Å². The summed E-state index contributed by atoms with van der Waals surface area (Å²) in [4.78, 5) is 16.8. The Morgan fingerprint density at radius 3 is 2.48 bits per heavy atom. The van der Waals surface area contributed by atoms with Crippen molar-refractivity contribution in [1.29, 1.82) is 0 Å². The van der Waals surface area contributed by atoms with Gasteiger partial charge < -0.3 is 10.6 Å². The zero-order chi connectivity index (χ0) is 16.7. The Balaban J connectivity index is 0.00000182. The van der Waals surface area contributed by atoms with Crippen molar-refractivity contribution in [3.63, 3.8) is 0 Å². The Labute approximate surface area is 161 Å². The maximum absolute atomic E-state index is 13.4. The minimum Gasteiger partial charge on any atom is -0.341 e. The molecule has 1 aromatic rings. The summed E-state index contributed by atoms with van der Waals surface area (Å²) in [6.45, 7) is 3.94. The van der Waals surface area contributed by atoms with Gasteiger partial charge in [-0.05, 0) is 56.6 Å². The summed E-state index contributed by atoms with van der Waals surface area (Å²) in [5.41, 5.74) is 7.53. The molecule has 1 amide bonds. The lowest BCUT2D eigenvalue weighted by Gasteiger charge is -2.32. The van der Waals surface area contributed by atoms with Gasteiger partial charge in [-0.25, -0.2) is 0 Å². The highest BCUT2D eigenvalue weighted by atomic mass is 35.5. The first-order chi connectivity index (χ1) is 11.6. The van der Waals surface area contributed by atoms with Gasteiger partial charge in [0.2, 0.25) is 5.91 Å². The number of hydrogen-bond donors (Lipinski definition) is 1. The summed E-state index contributed by atoms with van der Waals surface area (Å²) in [5, 5.41) is 0. The summed E-state index contributed by atoms with van der Waals surface area (Å²) >= 11 is 1.81. The van der Waals surface area contributed by atoms with Crippen LogP contribution in [0.5, 0.6) is 0 Å². The Kier molecular flexibility index (Phi) is 5.72. The van der Waals surface area contributed by atoms with Gasteiger partial charge in [0.1, 0.15) is 0 Å². The lowest BCUT2D eigenvalue weighted by atomic mass is 9.98. The second kappa shape index (κ2) is 7.50. The number of aryl methyl sites for hydroxylation is 1. The van der Waals surface area contributed by atoms with Crippen LogP contribution in [0.25, 0.3) is 0 Å². The standard InChI is InChI=1S/C20H28N2OS.ClH/c1-14-4-7-16(8-5-14)24-20(10-2-3-11-20)19(23)22-12-15-6-9-18(21)17(15)13-22;/h4-5,7-8,15,17-18H,2-3,6,9-13,21H2,1H3;1H. The largest absolute Gasteiger partial charge is 0.341 e. The van der Waals surface area contributed by atoms with E-state index in [-0.39, 0.29) is 17.2 Å². The normalized spacial score (nSPS) is 30.2. The minimum absolute atomic E-state index is 0. The van der Waals surface area contributed by atoms with Crippen molar-refractivity contribution in [2.75, 3.05) is 13.1 Å². The zero-order valence-corrected chi connectivity index (χ0v) is 16.6. The molecule has 1 saturated heterocycles. The summed E-state index contributed by atoms with van der Waals surface area (Å²) < 4.78 is -0.238. The van der Waals surface area contributed by atoms with Crippen molar-refractivity contribution < 1.29 is 4.79 Å². The van der Waals surface area contributed by atoms with Crippen molar-refractivity contribution in [3.8, 4) is 0 Å². The molecule has 3 nitrogen and oxygen atoms in total. The summed E-state index contributed by atoms with van der Waals surface area (Å²) in [6, 6.07) is 8.94. The van der Waals surface area contributed by atoms with Crippen LogP contribution in [0, 0.1) is 18.8 Å². The monoisotopic (exact) mass is 380 g/mol. The molecule has 3 unspecified atom stereocenters. The molecular weight excluding hydrogens is 352 g/mol. The molecule has 3 fully saturated rings. The number of thioether (sulfide) groups is 1. The molecule has 0 spiro atoms. The van der Waals surface area contributed by atoms with Gasteiger partial charge in [-0.3, -0.25) is 4.79 Å². The number of benzene rings is 1. The quantitative estimate of drug-likeness (QED) is 0.861. The second-order valence-corrected chi connectivity index (χ2v) is 9.45. The Bertz CT molecular complexity index is 615. The summed E-state index contributed by atoms with van der Waals surface area (Å²) in [5.74, 6) is 1.57. The van der Waals surface area contributed by atoms with Crippen LogP contribution in [0.1, 0.15) is 44.1 Å². The smallest absolute Gasteiger partial charge is 0.239 e. The zero-order valence-electron chi connectivity index (χ0n) is 14.9. The Morgan fingerprint density at radius 2 is 1.84 bits per heavy atom. The Morgan fingerprint density at radius 1 is 1.16 bits per heavy atom. The number of carbonyl (C=O) groups is 1. The minimum atomic E-state index is -0.238. The molecule has 2 N–H and O–H groups in total. The summed E-state index contributed by atoms with van der Waals surface area (Å²) in [7, 11) is 0. The summed E-state index contributed by atoms with van der Waals surface area (Å²) in [6.07, 6.45) is 6.72. The average Bonchev–Trinajstić information content (AvgIpc) is 3.28. The fourth-order valence-electron chi connectivity index (χ4n) is 4.90. The fourth-order valence-corrected chi connectivity index (χ4v) is 6.33. The number of hydrogen-bond acceptors (Lipinski definition) is 3. The van der Waals surface area contributed by atoms with E-state index in [4.69, 9.17) is 5.73 Å². The van der Waals surface area contributed by atoms with E-state index >= 15 is 0 Å². The van der Waals surface area contributed by atoms with Gasteiger partial charge in [0, 0.05) is 24.0 Å². The molecule has 138 valence electrons. The van der Waals surface area contributed by atoms with Gasteiger partial charge in [-0.2, -0.15) is 0 Å². The van der Waals surface area contributed by atoms with Crippen molar-refractivity contribution in [3.05, 3.63) is 29.8 Å². The number of halogens is 1. The maximum Gasteiger partial charge on any atom is 0.239 e. The molecule has 1 aromatic carbocycles. The van der Waals surface area contributed by atoms with Crippen LogP contribution in [0.4, 0.5) is 0 Å². The molecular formula is C20H29ClN2OS. The third-order valence-electron chi connectivity index (χ3n) is 6.33. The number of fused-ring (bicyclic) bond motifs is 1. The first-order valence-corrected chi connectivity index (χ1v) is 10.2. The Hall–Kier alpha value is -0.710. The van der Waals surface area contributed by atoms with Crippen LogP contribution in [0.15, 0.2) is 29.2 Å². The van der Waals surface area contributed by atoms with Gasteiger partial charge in [-0.15, -0.1) is 24.2 Å². The number of nitrogens with two attached hydrogens (primary N) is 1. The number of likely N-dealkylation sites (tertiary alicyclic amines) is 1. The van der Waals surface area contributed by atoms with E-state index in [9.17, 15) is 4.79 Å². The van der Waals surface area contributed by atoms with Crippen LogP contribution in [-0.2, 0) is 4.79 Å². The lowest BCUT2D eigenvalue weighted by molar-refractivity contribution is -0.133. The number of nitrogens with zero attached hydrogens (tertiary/aromatic N) is 1. The van der Waals surface area contributed by atoms with E-state index in [1.165, 1.54) is 29.7 Å². The molecule has 2 aliphatic carbocycles.